The molecule has 1 aliphatic rings. The number of benzene rings is 1. The predicted octanol–water partition coefficient (Wildman–Crippen LogP) is 1.82. The Morgan fingerprint density at radius 1 is 1.25 bits per heavy atom. The fourth-order valence-corrected chi connectivity index (χ4v) is 4.59. The SMILES string of the molecule is CN1CCCCC[C@H]1S(=O)(=O)N(C)CC(=O)OCc1ccccc1. The molecule has 134 valence electrons. The van der Waals surface area contributed by atoms with Gasteiger partial charge >= 0.3 is 5.97 Å². The van der Waals surface area contributed by atoms with Gasteiger partial charge in [-0.2, -0.15) is 4.31 Å². The number of hydrogen-bond donors (Lipinski definition) is 0. The third-order valence-electron chi connectivity index (χ3n) is 4.33. The molecule has 0 bridgehead atoms. The van der Waals surface area contributed by atoms with Crippen molar-refractivity contribution in [3.63, 3.8) is 0 Å². The van der Waals surface area contributed by atoms with Crippen molar-refractivity contribution in [2.24, 2.45) is 0 Å². The lowest BCUT2D eigenvalue weighted by atomic mass is 10.2. The summed E-state index contributed by atoms with van der Waals surface area (Å²) in [5.41, 5.74) is 0.875. The molecule has 1 heterocycles. The standard InChI is InChI=1S/C17H26N2O4S/c1-18-12-8-4-7-11-16(18)24(21,22)19(2)13-17(20)23-14-15-9-5-3-6-10-15/h3,5-6,9-10,16H,4,7-8,11-14H2,1-2H3/t16-/m1/s1. The highest BCUT2D eigenvalue weighted by molar-refractivity contribution is 7.89. The van der Waals surface area contributed by atoms with E-state index >= 15 is 0 Å². The number of likely N-dealkylation sites (N-methyl/N-ethyl adjacent to an activating group) is 1. The van der Waals surface area contributed by atoms with Gasteiger partial charge in [0, 0.05) is 7.05 Å². The van der Waals surface area contributed by atoms with Crippen molar-refractivity contribution in [3.8, 4) is 0 Å². The number of nitrogens with zero attached hydrogens (tertiary/aromatic N) is 2. The average Bonchev–Trinajstić information content (AvgIpc) is 2.78. The number of hydrogen-bond acceptors (Lipinski definition) is 5. The molecule has 0 radical (unpaired) electrons. The largest absolute Gasteiger partial charge is 0.460 e. The van der Waals surface area contributed by atoms with Crippen LogP contribution in [0.25, 0.3) is 0 Å². The number of esters is 1. The Bertz CT molecular complexity index is 633. The lowest BCUT2D eigenvalue weighted by molar-refractivity contribution is -0.144. The lowest BCUT2D eigenvalue weighted by Gasteiger charge is -2.29. The number of carbonyl (C=O) groups is 1. The fraction of sp³-hybridized carbons (Fsp3) is 0.588. The van der Waals surface area contributed by atoms with Gasteiger partial charge in [-0.15, -0.1) is 0 Å². The van der Waals surface area contributed by atoms with E-state index in [2.05, 4.69) is 0 Å². The molecule has 0 unspecified atom stereocenters. The second-order valence-corrected chi connectivity index (χ2v) is 8.43. The molecule has 1 saturated heterocycles. The first-order valence-electron chi connectivity index (χ1n) is 8.26. The van der Waals surface area contributed by atoms with Crippen molar-refractivity contribution < 1.29 is 17.9 Å². The summed E-state index contributed by atoms with van der Waals surface area (Å²) < 4.78 is 31.8. The molecule has 0 amide bonds. The fourth-order valence-electron chi connectivity index (χ4n) is 2.86. The summed E-state index contributed by atoms with van der Waals surface area (Å²) in [7, 11) is -0.283. The topological polar surface area (TPSA) is 66.9 Å². The zero-order valence-corrected chi connectivity index (χ0v) is 15.2. The minimum Gasteiger partial charge on any atom is -0.460 e. The summed E-state index contributed by atoms with van der Waals surface area (Å²) in [6, 6.07) is 9.32. The Balaban J connectivity index is 1.91. The molecule has 0 aromatic heterocycles. The van der Waals surface area contributed by atoms with Crippen LogP contribution >= 0.6 is 0 Å². The van der Waals surface area contributed by atoms with Crippen LogP contribution in [0.5, 0.6) is 0 Å². The van der Waals surface area contributed by atoms with E-state index in [0.717, 1.165) is 35.7 Å². The van der Waals surface area contributed by atoms with Crippen molar-refractivity contribution in [3.05, 3.63) is 35.9 Å². The van der Waals surface area contributed by atoms with Crippen LogP contribution in [-0.2, 0) is 26.2 Å². The Morgan fingerprint density at radius 2 is 1.96 bits per heavy atom. The second kappa shape index (κ2) is 8.60. The first kappa shape index (κ1) is 18.9. The third kappa shape index (κ3) is 5.03. The Morgan fingerprint density at radius 3 is 2.67 bits per heavy atom. The van der Waals surface area contributed by atoms with Gasteiger partial charge in [0.15, 0.2) is 0 Å². The van der Waals surface area contributed by atoms with Gasteiger partial charge in [0.05, 0.1) is 0 Å². The summed E-state index contributed by atoms with van der Waals surface area (Å²) in [6.07, 6.45) is 3.54. The van der Waals surface area contributed by atoms with Crippen molar-refractivity contribution >= 4 is 16.0 Å². The van der Waals surface area contributed by atoms with E-state index in [-0.39, 0.29) is 13.2 Å². The van der Waals surface area contributed by atoms with Gasteiger partial charge in [-0.1, -0.05) is 43.2 Å². The van der Waals surface area contributed by atoms with Crippen molar-refractivity contribution in [2.45, 2.75) is 37.7 Å². The highest BCUT2D eigenvalue weighted by atomic mass is 32.2. The summed E-state index contributed by atoms with van der Waals surface area (Å²) in [4.78, 5) is 13.8. The van der Waals surface area contributed by atoms with Gasteiger partial charge in [0.2, 0.25) is 10.0 Å². The molecule has 0 aliphatic carbocycles. The maximum Gasteiger partial charge on any atom is 0.321 e. The number of sulfonamides is 1. The van der Waals surface area contributed by atoms with E-state index in [0.29, 0.717) is 6.42 Å². The highest BCUT2D eigenvalue weighted by Crippen LogP contribution is 2.21. The monoisotopic (exact) mass is 354 g/mol. The first-order chi connectivity index (χ1) is 11.4. The molecule has 1 aliphatic heterocycles. The van der Waals surface area contributed by atoms with Crippen molar-refractivity contribution in [1.82, 2.24) is 9.21 Å². The Hall–Kier alpha value is -1.44. The van der Waals surface area contributed by atoms with E-state index in [1.807, 2.05) is 42.3 Å². The molecular weight excluding hydrogens is 328 g/mol. The van der Waals surface area contributed by atoms with Gasteiger partial charge in [-0.05, 0) is 32.0 Å². The number of rotatable bonds is 6. The number of likely N-dealkylation sites (tertiary alicyclic amines) is 1. The van der Waals surface area contributed by atoms with Crippen LogP contribution in [-0.4, -0.2) is 56.2 Å². The van der Waals surface area contributed by atoms with Crippen LogP contribution in [0.4, 0.5) is 0 Å². The minimum atomic E-state index is -3.55. The molecule has 0 saturated carbocycles. The van der Waals surface area contributed by atoms with E-state index < -0.39 is 21.4 Å². The van der Waals surface area contributed by atoms with E-state index in [9.17, 15) is 13.2 Å². The molecule has 1 atom stereocenters. The molecule has 1 aromatic carbocycles. The third-order valence-corrected chi connectivity index (χ3v) is 6.61. The van der Waals surface area contributed by atoms with E-state index in [4.69, 9.17) is 4.74 Å². The molecule has 0 N–H and O–H groups in total. The summed E-state index contributed by atoms with van der Waals surface area (Å²) in [6.45, 7) is 0.645. The van der Waals surface area contributed by atoms with Gasteiger partial charge < -0.3 is 4.74 Å². The molecule has 0 spiro atoms. The summed E-state index contributed by atoms with van der Waals surface area (Å²) in [5.74, 6) is -0.541. The Labute approximate surface area is 144 Å². The van der Waals surface area contributed by atoms with Crippen LogP contribution in [0.1, 0.15) is 31.2 Å². The zero-order valence-electron chi connectivity index (χ0n) is 14.3. The van der Waals surface area contributed by atoms with E-state index in [1.165, 1.54) is 7.05 Å². The zero-order chi connectivity index (χ0) is 17.6. The second-order valence-electron chi connectivity index (χ2n) is 6.23. The van der Waals surface area contributed by atoms with Gasteiger partial charge in [0.1, 0.15) is 18.5 Å². The van der Waals surface area contributed by atoms with Crippen LogP contribution in [0.3, 0.4) is 0 Å². The van der Waals surface area contributed by atoms with Crippen molar-refractivity contribution in [2.75, 3.05) is 27.2 Å². The number of carbonyl (C=O) groups excluding carboxylic acids is 1. The predicted molar refractivity (Wildman–Crippen MR) is 92.7 cm³/mol. The molecule has 6 nitrogen and oxygen atoms in total. The average molecular weight is 354 g/mol. The molecule has 24 heavy (non-hydrogen) atoms. The quantitative estimate of drug-likeness (QED) is 0.729. The summed E-state index contributed by atoms with van der Waals surface area (Å²) >= 11 is 0. The maximum atomic E-state index is 12.7. The molecule has 2 rings (SSSR count). The molecule has 1 fully saturated rings. The lowest BCUT2D eigenvalue weighted by Crippen LogP contribution is -2.46. The van der Waals surface area contributed by atoms with E-state index in [1.54, 1.807) is 0 Å². The van der Waals surface area contributed by atoms with Gasteiger partial charge in [-0.3, -0.25) is 9.69 Å². The van der Waals surface area contributed by atoms with Crippen molar-refractivity contribution in [1.29, 1.82) is 0 Å². The maximum absolute atomic E-state index is 12.7. The van der Waals surface area contributed by atoms with Gasteiger partial charge in [-0.25, -0.2) is 8.42 Å². The molecule has 7 heteroatoms. The first-order valence-corrected chi connectivity index (χ1v) is 9.76. The smallest absolute Gasteiger partial charge is 0.321 e. The highest BCUT2D eigenvalue weighted by Gasteiger charge is 2.34. The Kier molecular flexibility index (Phi) is 6.77. The molecule has 1 aromatic rings. The molecular formula is C17H26N2O4S. The summed E-state index contributed by atoms with van der Waals surface area (Å²) in [5, 5.41) is -0.563. The van der Waals surface area contributed by atoms with Crippen LogP contribution < -0.4 is 0 Å². The van der Waals surface area contributed by atoms with Crippen LogP contribution in [0.2, 0.25) is 0 Å². The number of ether oxygens (including phenoxy) is 1. The van der Waals surface area contributed by atoms with Crippen LogP contribution in [0.15, 0.2) is 30.3 Å². The van der Waals surface area contributed by atoms with Gasteiger partial charge in [0.25, 0.3) is 0 Å². The normalized spacial score (nSPS) is 19.9. The minimum absolute atomic E-state index is 0.150. The van der Waals surface area contributed by atoms with Crippen LogP contribution in [0, 0.1) is 0 Å².